The highest BCUT2D eigenvalue weighted by molar-refractivity contribution is 7.18. The van der Waals surface area contributed by atoms with Gasteiger partial charge in [0.15, 0.2) is 12.4 Å². The summed E-state index contributed by atoms with van der Waals surface area (Å²) in [5, 5.41) is 2.71. The van der Waals surface area contributed by atoms with Crippen LogP contribution in [0.25, 0.3) is 0 Å². The molecule has 0 aliphatic rings. The Balaban J connectivity index is 2.12. The Kier molecular flexibility index (Phi) is 6.84. The number of amides is 1. The van der Waals surface area contributed by atoms with Crippen molar-refractivity contribution in [2.24, 2.45) is 0 Å². The molecule has 0 saturated carbocycles. The van der Waals surface area contributed by atoms with Crippen LogP contribution in [0, 0.1) is 6.92 Å². The third-order valence-electron chi connectivity index (χ3n) is 3.54. The Morgan fingerprint density at radius 1 is 1.04 bits per heavy atom. The number of benzene rings is 1. The SMILES string of the molecule is CCOC(=O)c1c(NC(=O)COC(=O)c2ccccc2)sc(C(C)=O)c1C. The van der Waals surface area contributed by atoms with E-state index in [9.17, 15) is 19.2 Å². The van der Waals surface area contributed by atoms with Crippen molar-refractivity contribution in [1.82, 2.24) is 0 Å². The molecule has 0 saturated heterocycles. The van der Waals surface area contributed by atoms with Crippen molar-refractivity contribution in [3.05, 3.63) is 51.9 Å². The van der Waals surface area contributed by atoms with Crippen molar-refractivity contribution in [2.45, 2.75) is 20.8 Å². The van der Waals surface area contributed by atoms with E-state index in [4.69, 9.17) is 9.47 Å². The second kappa shape index (κ2) is 9.09. The standard InChI is InChI=1S/C19H19NO6S/c1-4-25-19(24)15-11(2)16(12(3)21)27-17(15)20-14(22)10-26-18(23)13-8-6-5-7-9-13/h5-9H,4,10H2,1-3H3,(H,20,22). The average molecular weight is 389 g/mol. The number of thiophene rings is 1. The average Bonchev–Trinajstić information content (AvgIpc) is 2.97. The Hall–Kier alpha value is -3.00. The number of hydrogen-bond acceptors (Lipinski definition) is 7. The number of hydrogen-bond donors (Lipinski definition) is 1. The van der Waals surface area contributed by atoms with Crippen LogP contribution in [0.1, 0.15) is 49.8 Å². The smallest absolute Gasteiger partial charge is 0.341 e. The summed E-state index contributed by atoms with van der Waals surface area (Å²) < 4.78 is 9.96. The number of esters is 2. The summed E-state index contributed by atoms with van der Waals surface area (Å²) >= 11 is 0.985. The van der Waals surface area contributed by atoms with Crippen molar-refractivity contribution in [3.8, 4) is 0 Å². The fraction of sp³-hybridized carbons (Fsp3) is 0.263. The second-order valence-corrected chi connectivity index (χ2v) is 6.55. The molecule has 2 rings (SSSR count). The molecule has 0 fully saturated rings. The van der Waals surface area contributed by atoms with Gasteiger partial charge in [-0.15, -0.1) is 11.3 Å². The molecule has 142 valence electrons. The van der Waals surface area contributed by atoms with E-state index in [1.54, 1.807) is 44.2 Å². The lowest BCUT2D eigenvalue weighted by Crippen LogP contribution is -2.21. The van der Waals surface area contributed by atoms with Crippen LogP contribution in [0.2, 0.25) is 0 Å². The number of Topliss-reactive ketones (excluding diaryl/α,β-unsaturated/α-hetero) is 1. The number of ether oxygens (including phenoxy) is 2. The molecule has 0 bridgehead atoms. The van der Waals surface area contributed by atoms with Gasteiger partial charge in [-0.3, -0.25) is 9.59 Å². The Labute approximate surface area is 160 Å². The summed E-state index contributed by atoms with van der Waals surface area (Å²) in [5.41, 5.74) is 0.903. The number of nitrogens with one attached hydrogen (secondary N) is 1. The molecule has 27 heavy (non-hydrogen) atoms. The fourth-order valence-corrected chi connectivity index (χ4v) is 3.44. The highest BCUT2D eigenvalue weighted by Gasteiger charge is 2.25. The van der Waals surface area contributed by atoms with Gasteiger partial charge in [-0.1, -0.05) is 18.2 Å². The Morgan fingerprint density at radius 2 is 1.70 bits per heavy atom. The summed E-state index contributed by atoms with van der Waals surface area (Å²) in [4.78, 5) is 48.3. The fourth-order valence-electron chi connectivity index (χ4n) is 2.34. The summed E-state index contributed by atoms with van der Waals surface area (Å²) in [6.07, 6.45) is 0. The predicted octanol–water partition coefficient (Wildman–Crippen LogP) is 3.23. The van der Waals surface area contributed by atoms with E-state index < -0.39 is 24.5 Å². The monoisotopic (exact) mass is 389 g/mol. The molecule has 1 aromatic heterocycles. The van der Waals surface area contributed by atoms with Gasteiger partial charge in [-0.05, 0) is 38.5 Å². The number of rotatable bonds is 7. The maximum absolute atomic E-state index is 12.2. The lowest BCUT2D eigenvalue weighted by molar-refractivity contribution is -0.119. The molecule has 0 radical (unpaired) electrons. The van der Waals surface area contributed by atoms with Gasteiger partial charge in [-0.25, -0.2) is 9.59 Å². The van der Waals surface area contributed by atoms with Gasteiger partial charge in [0.1, 0.15) is 5.00 Å². The van der Waals surface area contributed by atoms with E-state index in [0.717, 1.165) is 11.3 Å². The lowest BCUT2D eigenvalue weighted by Gasteiger charge is -2.08. The van der Waals surface area contributed by atoms with Crippen molar-refractivity contribution in [2.75, 3.05) is 18.5 Å². The van der Waals surface area contributed by atoms with E-state index in [1.165, 1.54) is 6.92 Å². The molecule has 8 heteroatoms. The first-order valence-electron chi connectivity index (χ1n) is 8.18. The molecule has 1 aromatic carbocycles. The van der Waals surface area contributed by atoms with Gasteiger partial charge in [0.2, 0.25) is 0 Å². The van der Waals surface area contributed by atoms with Gasteiger partial charge in [0.05, 0.1) is 22.6 Å². The molecule has 0 aliphatic heterocycles. The number of ketones is 1. The molecule has 0 aliphatic carbocycles. The van der Waals surface area contributed by atoms with Crippen LogP contribution in [0.3, 0.4) is 0 Å². The zero-order chi connectivity index (χ0) is 20.0. The molecule has 0 unspecified atom stereocenters. The maximum atomic E-state index is 12.2. The third-order valence-corrected chi connectivity index (χ3v) is 4.85. The van der Waals surface area contributed by atoms with Crippen LogP contribution in [-0.4, -0.2) is 36.8 Å². The van der Waals surface area contributed by atoms with Gasteiger partial charge in [0, 0.05) is 0 Å². The second-order valence-electron chi connectivity index (χ2n) is 5.53. The van der Waals surface area contributed by atoms with Gasteiger partial charge < -0.3 is 14.8 Å². The summed E-state index contributed by atoms with van der Waals surface area (Å²) in [7, 11) is 0. The minimum atomic E-state index is -0.636. The first kappa shape index (κ1) is 20.3. The number of anilines is 1. The number of carbonyl (C=O) groups excluding carboxylic acids is 4. The highest BCUT2D eigenvalue weighted by atomic mass is 32.1. The molecule has 1 heterocycles. The van der Waals surface area contributed by atoms with E-state index >= 15 is 0 Å². The van der Waals surface area contributed by atoms with Crippen LogP contribution in [0.4, 0.5) is 5.00 Å². The highest BCUT2D eigenvalue weighted by Crippen LogP contribution is 2.34. The first-order valence-corrected chi connectivity index (χ1v) is 9.00. The zero-order valence-electron chi connectivity index (χ0n) is 15.2. The van der Waals surface area contributed by atoms with Crippen molar-refractivity contribution < 1.29 is 28.7 Å². The van der Waals surface area contributed by atoms with Gasteiger partial charge >= 0.3 is 11.9 Å². The molecular weight excluding hydrogens is 370 g/mol. The van der Waals surface area contributed by atoms with Gasteiger partial charge in [-0.2, -0.15) is 0 Å². The lowest BCUT2D eigenvalue weighted by atomic mass is 10.1. The maximum Gasteiger partial charge on any atom is 0.341 e. The van der Waals surface area contributed by atoms with Crippen LogP contribution >= 0.6 is 11.3 Å². The normalized spacial score (nSPS) is 10.2. The quantitative estimate of drug-likeness (QED) is 0.577. The summed E-state index contributed by atoms with van der Waals surface area (Å²) in [6, 6.07) is 8.26. The van der Waals surface area contributed by atoms with Crippen molar-refractivity contribution in [3.63, 3.8) is 0 Å². The minimum Gasteiger partial charge on any atom is -0.462 e. The largest absolute Gasteiger partial charge is 0.462 e. The molecule has 7 nitrogen and oxygen atoms in total. The minimum absolute atomic E-state index is 0.134. The van der Waals surface area contributed by atoms with Crippen molar-refractivity contribution >= 4 is 40.0 Å². The molecule has 1 amide bonds. The van der Waals surface area contributed by atoms with E-state index in [2.05, 4.69) is 5.32 Å². The Bertz CT molecular complexity index is 872. The van der Waals surface area contributed by atoms with E-state index in [1.807, 2.05) is 0 Å². The van der Waals surface area contributed by atoms with E-state index in [0.29, 0.717) is 16.0 Å². The van der Waals surface area contributed by atoms with Crippen LogP contribution in [0.5, 0.6) is 0 Å². The van der Waals surface area contributed by atoms with Gasteiger partial charge in [0.25, 0.3) is 5.91 Å². The first-order chi connectivity index (χ1) is 12.8. The third kappa shape index (κ3) is 5.01. The van der Waals surface area contributed by atoms with Crippen LogP contribution in [-0.2, 0) is 14.3 Å². The molecule has 0 atom stereocenters. The van der Waals surface area contributed by atoms with Crippen molar-refractivity contribution in [1.29, 1.82) is 0 Å². The molecule has 1 N–H and O–H groups in total. The summed E-state index contributed by atoms with van der Waals surface area (Å²) in [5.74, 6) is -2.11. The van der Waals surface area contributed by atoms with Crippen LogP contribution < -0.4 is 5.32 Å². The number of carbonyl (C=O) groups is 4. The summed E-state index contributed by atoms with van der Waals surface area (Å²) in [6.45, 7) is 4.28. The molecular formula is C19H19NO6S. The van der Waals surface area contributed by atoms with E-state index in [-0.39, 0.29) is 23.0 Å². The topological polar surface area (TPSA) is 98.8 Å². The molecule has 2 aromatic rings. The zero-order valence-corrected chi connectivity index (χ0v) is 16.0. The molecule has 0 spiro atoms. The predicted molar refractivity (Wildman–Crippen MR) is 100 cm³/mol. The Morgan fingerprint density at radius 3 is 2.30 bits per heavy atom. The van der Waals surface area contributed by atoms with Crippen LogP contribution in [0.15, 0.2) is 30.3 Å².